The molecule has 0 heterocycles. The SMILES string of the molecule is C/C=C/CC[C@H]1CC[C@H](C2CCC(COc3ccc(F)cc3)CC2)CC1. The molecule has 0 bridgehead atoms. The maximum absolute atomic E-state index is 12.9. The van der Waals surface area contributed by atoms with Gasteiger partial charge in [0.15, 0.2) is 0 Å². The van der Waals surface area contributed by atoms with Crippen LogP contribution < -0.4 is 4.74 Å². The lowest BCUT2D eigenvalue weighted by Gasteiger charge is -2.37. The Bertz CT molecular complexity index is 534. The topological polar surface area (TPSA) is 9.23 Å². The molecule has 2 saturated carbocycles. The van der Waals surface area contributed by atoms with E-state index in [0.29, 0.717) is 5.92 Å². The Kier molecular flexibility index (Phi) is 7.58. The van der Waals surface area contributed by atoms with Crippen LogP contribution in [0.5, 0.6) is 5.75 Å². The molecular weight excluding hydrogens is 323 g/mol. The van der Waals surface area contributed by atoms with E-state index in [-0.39, 0.29) is 5.82 Å². The molecule has 2 aliphatic rings. The van der Waals surface area contributed by atoms with Crippen LogP contribution in [-0.4, -0.2) is 6.61 Å². The van der Waals surface area contributed by atoms with Crippen molar-refractivity contribution >= 4 is 0 Å². The average Bonchev–Trinajstić information content (AvgIpc) is 2.69. The first kappa shape index (κ1) is 19.5. The molecule has 0 aromatic heterocycles. The largest absolute Gasteiger partial charge is 0.493 e. The van der Waals surface area contributed by atoms with Crippen LogP contribution in [0.25, 0.3) is 0 Å². The van der Waals surface area contributed by atoms with Crippen molar-refractivity contribution < 1.29 is 9.13 Å². The maximum Gasteiger partial charge on any atom is 0.123 e. The van der Waals surface area contributed by atoms with Gasteiger partial charge < -0.3 is 4.74 Å². The Hall–Kier alpha value is -1.31. The Balaban J connectivity index is 1.33. The molecule has 0 saturated heterocycles. The van der Waals surface area contributed by atoms with E-state index in [9.17, 15) is 4.39 Å². The predicted octanol–water partition coefficient (Wildman–Crippen LogP) is 7.17. The smallest absolute Gasteiger partial charge is 0.123 e. The van der Waals surface area contributed by atoms with Gasteiger partial charge in [0, 0.05) is 0 Å². The summed E-state index contributed by atoms with van der Waals surface area (Å²) in [6.07, 6.45) is 18.4. The lowest BCUT2D eigenvalue weighted by Crippen LogP contribution is -2.27. The molecule has 0 spiro atoms. The molecule has 2 aliphatic carbocycles. The monoisotopic (exact) mass is 358 g/mol. The van der Waals surface area contributed by atoms with E-state index >= 15 is 0 Å². The van der Waals surface area contributed by atoms with Crippen molar-refractivity contribution in [1.29, 1.82) is 0 Å². The van der Waals surface area contributed by atoms with Crippen molar-refractivity contribution in [3.05, 3.63) is 42.2 Å². The normalized spacial score (nSPS) is 29.8. The van der Waals surface area contributed by atoms with E-state index in [1.165, 1.54) is 76.3 Å². The first-order valence-electron chi connectivity index (χ1n) is 10.7. The number of benzene rings is 1. The third-order valence-corrected chi connectivity index (χ3v) is 6.73. The van der Waals surface area contributed by atoms with Gasteiger partial charge in [-0.15, -0.1) is 0 Å². The summed E-state index contributed by atoms with van der Waals surface area (Å²) < 4.78 is 18.8. The minimum atomic E-state index is -0.200. The van der Waals surface area contributed by atoms with Crippen LogP contribution in [0.2, 0.25) is 0 Å². The van der Waals surface area contributed by atoms with E-state index in [1.807, 2.05) is 0 Å². The zero-order chi connectivity index (χ0) is 18.2. The minimum Gasteiger partial charge on any atom is -0.493 e. The van der Waals surface area contributed by atoms with Gasteiger partial charge in [0.05, 0.1) is 6.61 Å². The van der Waals surface area contributed by atoms with Crippen LogP contribution in [0.4, 0.5) is 4.39 Å². The second-order valence-corrected chi connectivity index (χ2v) is 8.47. The Morgan fingerprint density at radius 1 is 0.885 bits per heavy atom. The zero-order valence-corrected chi connectivity index (χ0v) is 16.3. The summed E-state index contributed by atoms with van der Waals surface area (Å²) in [5.41, 5.74) is 0. The number of rotatable bonds is 7. The van der Waals surface area contributed by atoms with Gasteiger partial charge in [-0.1, -0.05) is 25.0 Å². The first-order valence-corrected chi connectivity index (χ1v) is 10.7. The van der Waals surface area contributed by atoms with E-state index in [2.05, 4.69) is 19.1 Å². The molecule has 0 aliphatic heterocycles. The van der Waals surface area contributed by atoms with Crippen molar-refractivity contribution in [2.75, 3.05) is 6.61 Å². The summed E-state index contributed by atoms with van der Waals surface area (Å²) in [4.78, 5) is 0. The van der Waals surface area contributed by atoms with Crippen molar-refractivity contribution in [1.82, 2.24) is 0 Å². The molecule has 26 heavy (non-hydrogen) atoms. The molecule has 2 fully saturated rings. The average molecular weight is 359 g/mol. The molecule has 0 unspecified atom stereocenters. The molecule has 2 heteroatoms. The highest BCUT2D eigenvalue weighted by atomic mass is 19.1. The minimum absolute atomic E-state index is 0.200. The van der Waals surface area contributed by atoms with Crippen LogP contribution in [0.15, 0.2) is 36.4 Å². The molecule has 0 atom stereocenters. The van der Waals surface area contributed by atoms with Gasteiger partial charge >= 0.3 is 0 Å². The number of hydrogen-bond acceptors (Lipinski definition) is 1. The molecule has 0 amide bonds. The van der Waals surface area contributed by atoms with Gasteiger partial charge in [0.2, 0.25) is 0 Å². The Morgan fingerprint density at radius 2 is 1.46 bits per heavy atom. The fourth-order valence-electron chi connectivity index (χ4n) is 5.02. The summed E-state index contributed by atoms with van der Waals surface area (Å²) in [5.74, 6) is 4.18. The highest BCUT2D eigenvalue weighted by Gasteiger charge is 2.30. The van der Waals surface area contributed by atoms with Gasteiger partial charge in [-0.2, -0.15) is 0 Å². The molecule has 144 valence electrons. The van der Waals surface area contributed by atoms with E-state index in [0.717, 1.165) is 30.1 Å². The highest BCUT2D eigenvalue weighted by molar-refractivity contribution is 5.22. The van der Waals surface area contributed by atoms with Crippen LogP contribution in [0.3, 0.4) is 0 Å². The predicted molar refractivity (Wildman–Crippen MR) is 107 cm³/mol. The van der Waals surface area contributed by atoms with Crippen molar-refractivity contribution in [2.45, 2.75) is 71.1 Å². The van der Waals surface area contributed by atoms with Crippen LogP contribution in [0, 0.1) is 29.5 Å². The van der Waals surface area contributed by atoms with Crippen LogP contribution in [0.1, 0.15) is 71.1 Å². The van der Waals surface area contributed by atoms with Crippen LogP contribution >= 0.6 is 0 Å². The van der Waals surface area contributed by atoms with Crippen molar-refractivity contribution in [3.63, 3.8) is 0 Å². The molecule has 1 nitrogen and oxygen atoms in total. The molecule has 3 rings (SSSR count). The highest BCUT2D eigenvalue weighted by Crippen LogP contribution is 2.42. The molecule has 1 aromatic carbocycles. The van der Waals surface area contributed by atoms with E-state index in [1.54, 1.807) is 12.1 Å². The Labute approximate surface area is 159 Å². The van der Waals surface area contributed by atoms with Gasteiger partial charge in [-0.3, -0.25) is 0 Å². The van der Waals surface area contributed by atoms with E-state index in [4.69, 9.17) is 4.74 Å². The third-order valence-electron chi connectivity index (χ3n) is 6.73. The summed E-state index contributed by atoms with van der Waals surface area (Å²) in [6.45, 7) is 2.91. The summed E-state index contributed by atoms with van der Waals surface area (Å²) >= 11 is 0. The summed E-state index contributed by atoms with van der Waals surface area (Å²) in [7, 11) is 0. The van der Waals surface area contributed by atoms with E-state index < -0.39 is 0 Å². The standard InChI is InChI=1S/C24H35FO/c1-2-3-4-5-19-6-10-21(11-7-19)22-12-8-20(9-13-22)18-26-24-16-14-23(25)15-17-24/h2-3,14-17,19-22H,4-13,18H2,1H3/b3-2+/t19-,20?,21-,22?. The molecule has 0 radical (unpaired) electrons. The molecular formula is C24H35FO. The van der Waals surface area contributed by atoms with Crippen molar-refractivity contribution in [3.8, 4) is 5.75 Å². The van der Waals surface area contributed by atoms with Gasteiger partial charge in [-0.05, 0) is 106 Å². The Morgan fingerprint density at radius 3 is 2.04 bits per heavy atom. The number of hydrogen-bond donors (Lipinski definition) is 0. The second-order valence-electron chi connectivity index (χ2n) is 8.47. The quantitative estimate of drug-likeness (QED) is 0.469. The summed E-state index contributed by atoms with van der Waals surface area (Å²) in [5, 5.41) is 0. The third kappa shape index (κ3) is 5.86. The summed E-state index contributed by atoms with van der Waals surface area (Å²) in [6, 6.07) is 6.41. The fraction of sp³-hybridized carbons (Fsp3) is 0.667. The van der Waals surface area contributed by atoms with Crippen molar-refractivity contribution in [2.24, 2.45) is 23.7 Å². The number of halogens is 1. The van der Waals surface area contributed by atoms with Gasteiger partial charge in [-0.25, -0.2) is 4.39 Å². The first-order chi connectivity index (χ1) is 12.7. The van der Waals surface area contributed by atoms with Gasteiger partial charge in [0.1, 0.15) is 11.6 Å². The lowest BCUT2D eigenvalue weighted by molar-refractivity contribution is 0.122. The molecule has 0 N–H and O–H groups in total. The van der Waals surface area contributed by atoms with Crippen LogP contribution in [-0.2, 0) is 0 Å². The number of allylic oxidation sites excluding steroid dienone is 2. The zero-order valence-electron chi connectivity index (χ0n) is 16.3. The fourth-order valence-corrected chi connectivity index (χ4v) is 5.02. The lowest BCUT2D eigenvalue weighted by atomic mass is 9.69. The maximum atomic E-state index is 12.9. The van der Waals surface area contributed by atoms with Gasteiger partial charge in [0.25, 0.3) is 0 Å². The second kappa shape index (κ2) is 10.1. The molecule has 1 aromatic rings. The number of ether oxygens (including phenoxy) is 1.